The Hall–Kier alpha value is -1.62. The van der Waals surface area contributed by atoms with Gasteiger partial charge in [0.15, 0.2) is 0 Å². The number of amides is 1. The standard InChI is InChI=1S/C14H22N4O/c1-3-16-13-9-15-7-6-12(13)14(19)17-11-5-4-8-18(2)10-11/h6-7,9,11,16H,3-5,8,10H2,1-2H3,(H,17,19). The predicted molar refractivity (Wildman–Crippen MR) is 76.4 cm³/mol. The highest BCUT2D eigenvalue weighted by Gasteiger charge is 2.20. The Morgan fingerprint density at radius 1 is 1.58 bits per heavy atom. The molecule has 1 aromatic heterocycles. The molecule has 0 aliphatic carbocycles. The van der Waals surface area contributed by atoms with E-state index in [1.807, 2.05) is 6.92 Å². The van der Waals surface area contributed by atoms with Crippen LogP contribution in [0.1, 0.15) is 30.1 Å². The number of hydrogen-bond donors (Lipinski definition) is 2. The van der Waals surface area contributed by atoms with E-state index < -0.39 is 0 Å². The number of hydrogen-bond acceptors (Lipinski definition) is 4. The summed E-state index contributed by atoms with van der Waals surface area (Å²) < 4.78 is 0. The van der Waals surface area contributed by atoms with Crippen molar-refractivity contribution in [1.29, 1.82) is 0 Å². The first-order valence-electron chi connectivity index (χ1n) is 6.88. The van der Waals surface area contributed by atoms with Gasteiger partial charge in [0.25, 0.3) is 5.91 Å². The lowest BCUT2D eigenvalue weighted by atomic mass is 10.1. The van der Waals surface area contributed by atoms with Crippen molar-refractivity contribution in [2.24, 2.45) is 0 Å². The summed E-state index contributed by atoms with van der Waals surface area (Å²) in [7, 11) is 2.09. The lowest BCUT2D eigenvalue weighted by Gasteiger charge is -2.30. The van der Waals surface area contributed by atoms with Gasteiger partial charge in [0.1, 0.15) is 0 Å². The molecule has 2 N–H and O–H groups in total. The van der Waals surface area contributed by atoms with E-state index >= 15 is 0 Å². The molecule has 2 rings (SSSR count). The Labute approximate surface area is 114 Å². The SMILES string of the molecule is CCNc1cnccc1C(=O)NC1CCCN(C)C1. The highest BCUT2D eigenvalue weighted by molar-refractivity contribution is 5.99. The lowest BCUT2D eigenvalue weighted by molar-refractivity contribution is 0.0913. The van der Waals surface area contributed by atoms with Gasteiger partial charge in [-0.15, -0.1) is 0 Å². The van der Waals surface area contributed by atoms with Gasteiger partial charge in [-0.2, -0.15) is 0 Å². The van der Waals surface area contributed by atoms with E-state index in [9.17, 15) is 4.79 Å². The molecule has 0 bridgehead atoms. The maximum atomic E-state index is 12.3. The van der Waals surface area contributed by atoms with Gasteiger partial charge in [0.2, 0.25) is 0 Å². The molecule has 104 valence electrons. The number of carbonyl (C=O) groups excluding carboxylic acids is 1. The molecular formula is C14H22N4O. The molecule has 1 amide bonds. The molecule has 1 aliphatic rings. The highest BCUT2D eigenvalue weighted by atomic mass is 16.1. The van der Waals surface area contributed by atoms with Gasteiger partial charge < -0.3 is 15.5 Å². The van der Waals surface area contributed by atoms with E-state index in [-0.39, 0.29) is 11.9 Å². The van der Waals surface area contributed by atoms with Crippen molar-refractivity contribution in [3.05, 3.63) is 24.0 Å². The van der Waals surface area contributed by atoms with E-state index in [0.717, 1.165) is 38.2 Å². The summed E-state index contributed by atoms with van der Waals surface area (Å²) in [6.45, 7) is 4.82. The van der Waals surface area contributed by atoms with Crippen molar-refractivity contribution in [1.82, 2.24) is 15.2 Å². The minimum absolute atomic E-state index is 0.0151. The number of carbonyl (C=O) groups is 1. The molecule has 5 nitrogen and oxygen atoms in total. The van der Waals surface area contributed by atoms with E-state index in [0.29, 0.717) is 5.56 Å². The Balaban J connectivity index is 2.03. The van der Waals surface area contributed by atoms with Crippen molar-refractivity contribution in [2.45, 2.75) is 25.8 Å². The second-order valence-corrected chi connectivity index (χ2v) is 5.03. The summed E-state index contributed by atoms with van der Waals surface area (Å²) in [4.78, 5) is 18.6. The van der Waals surface area contributed by atoms with Crippen LogP contribution < -0.4 is 10.6 Å². The van der Waals surface area contributed by atoms with E-state index in [4.69, 9.17) is 0 Å². The highest BCUT2D eigenvalue weighted by Crippen LogP contribution is 2.14. The van der Waals surface area contributed by atoms with Gasteiger partial charge in [0, 0.05) is 25.3 Å². The average molecular weight is 262 g/mol. The first-order chi connectivity index (χ1) is 9.20. The Kier molecular flexibility index (Phi) is 4.74. The van der Waals surface area contributed by atoms with Crippen LogP contribution in [0.15, 0.2) is 18.5 Å². The van der Waals surface area contributed by atoms with Gasteiger partial charge in [-0.05, 0) is 39.4 Å². The number of pyridine rings is 1. The van der Waals surface area contributed by atoms with Gasteiger partial charge in [-0.3, -0.25) is 9.78 Å². The van der Waals surface area contributed by atoms with Crippen molar-refractivity contribution in [3.8, 4) is 0 Å². The van der Waals surface area contributed by atoms with Crippen LogP contribution in [0.3, 0.4) is 0 Å². The number of likely N-dealkylation sites (tertiary alicyclic amines) is 1. The number of piperidine rings is 1. The zero-order valence-corrected chi connectivity index (χ0v) is 11.6. The molecule has 1 unspecified atom stereocenters. The molecule has 1 aromatic rings. The number of aromatic nitrogens is 1. The summed E-state index contributed by atoms with van der Waals surface area (Å²) in [5, 5.41) is 6.29. The molecular weight excluding hydrogens is 240 g/mol. The van der Waals surface area contributed by atoms with Crippen molar-refractivity contribution in [2.75, 3.05) is 32.0 Å². The molecule has 0 aromatic carbocycles. The first-order valence-corrected chi connectivity index (χ1v) is 6.88. The maximum absolute atomic E-state index is 12.3. The monoisotopic (exact) mass is 262 g/mol. The molecule has 1 aliphatic heterocycles. The molecule has 1 fully saturated rings. The fourth-order valence-electron chi connectivity index (χ4n) is 2.47. The molecule has 0 spiro atoms. The van der Waals surface area contributed by atoms with Crippen molar-refractivity contribution >= 4 is 11.6 Å². The molecule has 2 heterocycles. The van der Waals surface area contributed by atoms with Gasteiger partial charge in [-0.1, -0.05) is 0 Å². The molecule has 0 saturated carbocycles. The minimum atomic E-state index is -0.0151. The molecule has 0 radical (unpaired) electrons. The fourth-order valence-corrected chi connectivity index (χ4v) is 2.47. The topological polar surface area (TPSA) is 57.3 Å². The number of nitrogens with one attached hydrogen (secondary N) is 2. The number of anilines is 1. The van der Waals surface area contributed by atoms with Crippen LogP contribution >= 0.6 is 0 Å². The van der Waals surface area contributed by atoms with Gasteiger partial charge in [0.05, 0.1) is 17.4 Å². The molecule has 5 heteroatoms. The van der Waals surface area contributed by atoms with Crippen LogP contribution in [-0.2, 0) is 0 Å². The summed E-state index contributed by atoms with van der Waals surface area (Å²) >= 11 is 0. The molecule has 19 heavy (non-hydrogen) atoms. The van der Waals surface area contributed by atoms with Crippen molar-refractivity contribution in [3.63, 3.8) is 0 Å². The smallest absolute Gasteiger partial charge is 0.253 e. The number of likely N-dealkylation sites (N-methyl/N-ethyl adjacent to an activating group) is 1. The first kappa shape index (κ1) is 13.8. The maximum Gasteiger partial charge on any atom is 0.253 e. The Bertz CT molecular complexity index is 435. The predicted octanol–water partition coefficient (Wildman–Crippen LogP) is 1.34. The van der Waals surface area contributed by atoms with E-state index in [1.165, 1.54) is 0 Å². The molecule has 1 atom stereocenters. The van der Waals surface area contributed by atoms with Crippen LogP contribution in [0.25, 0.3) is 0 Å². The quantitative estimate of drug-likeness (QED) is 0.859. The molecule has 1 saturated heterocycles. The normalized spacial score (nSPS) is 20.0. The van der Waals surface area contributed by atoms with Crippen LogP contribution in [0.4, 0.5) is 5.69 Å². The second-order valence-electron chi connectivity index (χ2n) is 5.03. The zero-order valence-electron chi connectivity index (χ0n) is 11.6. The van der Waals surface area contributed by atoms with E-state index in [2.05, 4.69) is 27.6 Å². The van der Waals surface area contributed by atoms with Crippen LogP contribution in [0.2, 0.25) is 0 Å². The third-order valence-electron chi connectivity index (χ3n) is 3.39. The van der Waals surface area contributed by atoms with Crippen LogP contribution in [-0.4, -0.2) is 48.5 Å². The largest absolute Gasteiger partial charge is 0.383 e. The average Bonchev–Trinajstić information content (AvgIpc) is 2.39. The summed E-state index contributed by atoms with van der Waals surface area (Å²) in [6, 6.07) is 2.01. The zero-order chi connectivity index (χ0) is 13.7. The summed E-state index contributed by atoms with van der Waals surface area (Å²) in [5.74, 6) is -0.0151. The third kappa shape index (κ3) is 3.67. The Morgan fingerprint density at radius 3 is 3.16 bits per heavy atom. The second kappa shape index (κ2) is 6.52. The summed E-state index contributed by atoms with van der Waals surface area (Å²) in [5.41, 5.74) is 1.47. The minimum Gasteiger partial charge on any atom is -0.383 e. The van der Waals surface area contributed by atoms with Crippen LogP contribution in [0, 0.1) is 0 Å². The van der Waals surface area contributed by atoms with Gasteiger partial charge in [-0.25, -0.2) is 0 Å². The lowest BCUT2D eigenvalue weighted by Crippen LogP contribution is -2.46. The number of nitrogens with zero attached hydrogens (tertiary/aromatic N) is 2. The fraction of sp³-hybridized carbons (Fsp3) is 0.571. The summed E-state index contributed by atoms with van der Waals surface area (Å²) in [6.07, 6.45) is 5.55. The van der Waals surface area contributed by atoms with Gasteiger partial charge >= 0.3 is 0 Å². The van der Waals surface area contributed by atoms with Crippen molar-refractivity contribution < 1.29 is 4.79 Å². The van der Waals surface area contributed by atoms with Crippen LogP contribution in [0.5, 0.6) is 0 Å². The number of rotatable bonds is 4. The third-order valence-corrected chi connectivity index (χ3v) is 3.39. The Morgan fingerprint density at radius 2 is 2.42 bits per heavy atom. The van der Waals surface area contributed by atoms with E-state index in [1.54, 1.807) is 18.5 Å².